The van der Waals surface area contributed by atoms with Crippen LogP contribution in [-0.2, 0) is 14.8 Å². The third-order valence-electron chi connectivity index (χ3n) is 5.06. The van der Waals surface area contributed by atoms with E-state index in [1.807, 2.05) is 6.92 Å². The summed E-state index contributed by atoms with van der Waals surface area (Å²) in [6.45, 7) is 3.51. The van der Waals surface area contributed by atoms with Crippen molar-refractivity contribution in [3.05, 3.63) is 59.7 Å². The van der Waals surface area contributed by atoms with Gasteiger partial charge in [0.05, 0.1) is 4.90 Å². The van der Waals surface area contributed by atoms with Crippen molar-refractivity contribution in [2.24, 2.45) is 0 Å². The predicted molar refractivity (Wildman–Crippen MR) is 116 cm³/mol. The second-order valence-electron chi connectivity index (χ2n) is 7.48. The molecule has 1 N–H and O–H groups in total. The smallest absolute Gasteiger partial charge is 0.325 e. The number of hydrogen-bond donors (Lipinski definition) is 1. The van der Waals surface area contributed by atoms with Crippen molar-refractivity contribution in [1.82, 2.24) is 9.21 Å². The first kappa shape index (κ1) is 22.5. The number of aryl methyl sites for hydroxylation is 1. The van der Waals surface area contributed by atoms with E-state index in [0.29, 0.717) is 28.6 Å². The molecule has 1 saturated heterocycles. The summed E-state index contributed by atoms with van der Waals surface area (Å²) in [6, 6.07) is 11.7. The lowest BCUT2D eigenvalue weighted by Gasteiger charge is -2.27. The van der Waals surface area contributed by atoms with Crippen molar-refractivity contribution in [3.63, 3.8) is 0 Å². The number of benzene rings is 2. The van der Waals surface area contributed by atoms with E-state index in [1.165, 1.54) is 24.0 Å². The lowest BCUT2D eigenvalue weighted by Crippen LogP contribution is -2.48. The first-order valence-electron chi connectivity index (χ1n) is 9.97. The molecule has 0 radical (unpaired) electrons. The Morgan fingerprint density at radius 3 is 2.10 bits per heavy atom. The van der Waals surface area contributed by atoms with Gasteiger partial charge in [-0.1, -0.05) is 17.7 Å². The molecule has 0 aliphatic carbocycles. The Labute approximate surface area is 181 Å². The zero-order chi connectivity index (χ0) is 22.6. The summed E-state index contributed by atoms with van der Waals surface area (Å²) in [5.41, 5.74) is 1.77. The number of carbonyl (C=O) groups is 3. The number of nitrogens with zero attached hydrogens (tertiary/aromatic N) is 2. The second kappa shape index (κ2) is 9.30. The van der Waals surface area contributed by atoms with Gasteiger partial charge in [0.2, 0.25) is 5.91 Å². The zero-order valence-corrected chi connectivity index (χ0v) is 18.3. The van der Waals surface area contributed by atoms with Gasteiger partial charge in [0.25, 0.3) is 10.0 Å². The highest BCUT2D eigenvalue weighted by Gasteiger charge is 2.35. The third-order valence-corrected chi connectivity index (χ3v) is 6.79. The van der Waals surface area contributed by atoms with Gasteiger partial charge in [-0.25, -0.2) is 17.5 Å². The molecule has 0 bridgehead atoms. The standard InChI is InChI=1S/C22H25N3O5S/c1-16-5-11-20(12-6-16)31(29,30)25(22(28)24-13-3-4-14-24)15-21(27)23-19-9-7-18(8-10-19)17(2)26/h5-12H,3-4,13-15H2,1-2H3,(H,23,27). The van der Waals surface area contributed by atoms with Crippen LogP contribution in [0.1, 0.15) is 35.7 Å². The summed E-state index contributed by atoms with van der Waals surface area (Å²) in [5.74, 6) is -0.761. The Bertz CT molecular complexity index is 1070. The Balaban J connectivity index is 1.83. The van der Waals surface area contributed by atoms with E-state index in [4.69, 9.17) is 0 Å². The Morgan fingerprint density at radius 1 is 0.968 bits per heavy atom. The molecule has 0 atom stereocenters. The minimum absolute atomic E-state index is 0.0516. The summed E-state index contributed by atoms with van der Waals surface area (Å²) >= 11 is 0. The minimum atomic E-state index is -4.22. The highest BCUT2D eigenvalue weighted by molar-refractivity contribution is 7.89. The fourth-order valence-electron chi connectivity index (χ4n) is 3.28. The molecule has 0 aromatic heterocycles. The molecule has 2 aromatic rings. The maximum atomic E-state index is 13.2. The summed E-state index contributed by atoms with van der Waals surface area (Å²) < 4.78 is 27.0. The second-order valence-corrected chi connectivity index (χ2v) is 9.35. The number of likely N-dealkylation sites (tertiary alicyclic amines) is 1. The number of sulfonamides is 1. The van der Waals surface area contributed by atoms with Crippen LogP contribution in [0.25, 0.3) is 0 Å². The van der Waals surface area contributed by atoms with Gasteiger partial charge in [-0.05, 0) is 63.1 Å². The van der Waals surface area contributed by atoms with Crippen molar-refractivity contribution in [2.45, 2.75) is 31.6 Å². The van der Waals surface area contributed by atoms with E-state index in [-0.39, 0.29) is 10.7 Å². The van der Waals surface area contributed by atoms with Crippen molar-refractivity contribution in [3.8, 4) is 0 Å². The van der Waals surface area contributed by atoms with Crippen LogP contribution < -0.4 is 5.32 Å². The highest BCUT2D eigenvalue weighted by atomic mass is 32.2. The number of anilines is 1. The number of urea groups is 1. The number of ketones is 1. The van der Waals surface area contributed by atoms with Gasteiger partial charge in [0.1, 0.15) is 6.54 Å². The number of Topliss-reactive ketones (excluding diaryl/α,β-unsaturated/α-hetero) is 1. The van der Waals surface area contributed by atoms with Crippen LogP contribution in [0.5, 0.6) is 0 Å². The van der Waals surface area contributed by atoms with Gasteiger partial charge in [-0.15, -0.1) is 0 Å². The van der Waals surface area contributed by atoms with Gasteiger partial charge >= 0.3 is 6.03 Å². The maximum Gasteiger partial charge on any atom is 0.334 e. The normalized spacial score (nSPS) is 13.7. The van der Waals surface area contributed by atoms with E-state index in [0.717, 1.165) is 18.4 Å². The maximum absolute atomic E-state index is 13.2. The molecule has 0 unspecified atom stereocenters. The van der Waals surface area contributed by atoms with Crippen molar-refractivity contribution >= 4 is 33.4 Å². The molecule has 1 aliphatic heterocycles. The number of carbonyl (C=O) groups excluding carboxylic acids is 3. The number of nitrogens with one attached hydrogen (secondary N) is 1. The highest BCUT2D eigenvalue weighted by Crippen LogP contribution is 2.21. The van der Waals surface area contributed by atoms with Crippen molar-refractivity contribution in [2.75, 3.05) is 25.0 Å². The van der Waals surface area contributed by atoms with Gasteiger partial charge in [0, 0.05) is 24.3 Å². The summed E-state index contributed by atoms with van der Waals surface area (Å²) in [5, 5.41) is 2.59. The number of rotatable bonds is 6. The lowest BCUT2D eigenvalue weighted by molar-refractivity contribution is -0.116. The van der Waals surface area contributed by atoms with Crippen LogP contribution in [0.4, 0.5) is 10.5 Å². The molecule has 31 heavy (non-hydrogen) atoms. The van der Waals surface area contributed by atoms with Gasteiger partial charge in [-0.3, -0.25) is 9.59 Å². The molecule has 0 spiro atoms. The first-order valence-corrected chi connectivity index (χ1v) is 11.4. The molecule has 164 valence electrons. The van der Waals surface area contributed by atoms with E-state index >= 15 is 0 Å². The molecular weight excluding hydrogens is 418 g/mol. The van der Waals surface area contributed by atoms with Crippen LogP contribution in [0.2, 0.25) is 0 Å². The topological polar surface area (TPSA) is 104 Å². The molecule has 1 heterocycles. The van der Waals surface area contributed by atoms with Crippen molar-refractivity contribution in [1.29, 1.82) is 0 Å². The summed E-state index contributed by atoms with van der Waals surface area (Å²) in [4.78, 5) is 38.4. The number of amides is 3. The first-order chi connectivity index (χ1) is 14.7. The molecule has 1 fully saturated rings. The Morgan fingerprint density at radius 2 is 1.55 bits per heavy atom. The molecule has 2 aromatic carbocycles. The molecule has 3 rings (SSSR count). The van der Waals surface area contributed by atoms with Crippen LogP contribution in [0, 0.1) is 6.92 Å². The lowest BCUT2D eigenvalue weighted by atomic mass is 10.1. The fourth-order valence-corrected chi connectivity index (χ4v) is 4.62. The van der Waals surface area contributed by atoms with E-state index < -0.39 is 28.5 Å². The summed E-state index contributed by atoms with van der Waals surface area (Å²) in [6.07, 6.45) is 1.58. The molecule has 1 aliphatic rings. The van der Waals surface area contributed by atoms with Crippen LogP contribution in [0.15, 0.2) is 53.4 Å². The quantitative estimate of drug-likeness (QED) is 0.691. The average Bonchev–Trinajstić information content (AvgIpc) is 3.27. The van der Waals surface area contributed by atoms with Gasteiger partial charge < -0.3 is 10.2 Å². The fraction of sp³-hybridized carbons (Fsp3) is 0.318. The Hall–Kier alpha value is -3.20. The van der Waals surface area contributed by atoms with Crippen LogP contribution in [0.3, 0.4) is 0 Å². The third kappa shape index (κ3) is 5.29. The minimum Gasteiger partial charge on any atom is -0.325 e. The molecular formula is C22H25N3O5S. The van der Waals surface area contributed by atoms with E-state index in [2.05, 4.69) is 5.32 Å². The van der Waals surface area contributed by atoms with Crippen LogP contribution in [-0.4, -0.2) is 55.0 Å². The average molecular weight is 444 g/mol. The molecule has 8 nitrogen and oxygen atoms in total. The molecule has 9 heteroatoms. The SMILES string of the molecule is CC(=O)c1ccc(NC(=O)CN(C(=O)N2CCCC2)S(=O)(=O)c2ccc(C)cc2)cc1. The van der Waals surface area contributed by atoms with E-state index in [1.54, 1.807) is 36.4 Å². The zero-order valence-electron chi connectivity index (χ0n) is 17.5. The van der Waals surface area contributed by atoms with Crippen LogP contribution >= 0.6 is 0 Å². The molecule has 3 amide bonds. The number of hydrogen-bond acceptors (Lipinski definition) is 5. The van der Waals surface area contributed by atoms with Gasteiger partial charge in [-0.2, -0.15) is 0 Å². The molecule has 0 saturated carbocycles. The Kier molecular flexibility index (Phi) is 6.74. The predicted octanol–water partition coefficient (Wildman–Crippen LogP) is 3.04. The summed E-state index contributed by atoms with van der Waals surface area (Å²) in [7, 11) is -4.22. The monoisotopic (exact) mass is 443 g/mol. The van der Waals surface area contributed by atoms with Gasteiger partial charge in [0.15, 0.2) is 5.78 Å². The largest absolute Gasteiger partial charge is 0.334 e. The van der Waals surface area contributed by atoms with Crippen molar-refractivity contribution < 1.29 is 22.8 Å². The van der Waals surface area contributed by atoms with E-state index in [9.17, 15) is 22.8 Å².